The Hall–Kier alpha value is -1.60. The number of para-hydroxylation sites is 1. The molecule has 1 fully saturated rings. The fourth-order valence-electron chi connectivity index (χ4n) is 3.56. The minimum Gasteiger partial charge on any atom is -0.481 e. The maximum Gasteiger partial charge on any atom is 0.321 e. The molecule has 1 aromatic heterocycles. The summed E-state index contributed by atoms with van der Waals surface area (Å²) in [5.41, 5.74) is -0.536. The predicted molar refractivity (Wildman–Crippen MR) is 94.6 cm³/mol. The number of carboxylic acids is 2. The Morgan fingerprint density at radius 1 is 1.29 bits per heavy atom. The van der Waals surface area contributed by atoms with E-state index in [1.165, 1.54) is 11.3 Å². The molecule has 1 aromatic carbocycles. The summed E-state index contributed by atoms with van der Waals surface area (Å²) in [7, 11) is 0. The van der Waals surface area contributed by atoms with Crippen LogP contribution in [0.2, 0.25) is 0 Å². The van der Waals surface area contributed by atoms with Crippen LogP contribution in [0.4, 0.5) is 0 Å². The number of rotatable bonds is 4. The summed E-state index contributed by atoms with van der Waals surface area (Å²) < 4.78 is 0.172. The first kappa shape index (κ1) is 17.2. The van der Waals surface area contributed by atoms with Crippen molar-refractivity contribution in [2.45, 2.75) is 42.2 Å². The molecular weight excluding hydrogens is 346 g/mol. The average Bonchev–Trinajstić information content (AvgIpc) is 2.93. The number of hydrogen-bond donors (Lipinski definition) is 2. The first-order valence-corrected chi connectivity index (χ1v) is 9.46. The van der Waals surface area contributed by atoms with Crippen molar-refractivity contribution in [2.24, 2.45) is 11.3 Å². The van der Waals surface area contributed by atoms with E-state index in [9.17, 15) is 19.8 Å². The van der Waals surface area contributed by atoms with Gasteiger partial charge in [0.05, 0.1) is 15.6 Å². The number of fused-ring (bicyclic) bond motifs is 1. The van der Waals surface area contributed by atoms with Gasteiger partial charge in [-0.1, -0.05) is 37.2 Å². The van der Waals surface area contributed by atoms with E-state index >= 15 is 0 Å². The molecule has 7 heteroatoms. The molecule has 1 heterocycles. The van der Waals surface area contributed by atoms with Gasteiger partial charge in [0, 0.05) is 0 Å². The Morgan fingerprint density at radius 3 is 2.62 bits per heavy atom. The third-order valence-corrected chi connectivity index (χ3v) is 8.06. The topological polar surface area (TPSA) is 87.5 Å². The minimum atomic E-state index is -1.41. The summed E-state index contributed by atoms with van der Waals surface area (Å²) in [5.74, 6) is -2.34. The Bertz CT molecular complexity index is 772. The van der Waals surface area contributed by atoms with E-state index in [0.29, 0.717) is 17.2 Å². The molecule has 2 N–H and O–H groups in total. The highest BCUT2D eigenvalue weighted by Crippen LogP contribution is 2.57. The first-order chi connectivity index (χ1) is 11.3. The maximum atomic E-state index is 12.3. The van der Waals surface area contributed by atoms with Gasteiger partial charge >= 0.3 is 11.9 Å². The van der Waals surface area contributed by atoms with Crippen molar-refractivity contribution in [1.29, 1.82) is 0 Å². The normalized spacial score (nSPS) is 30.3. The molecule has 2 aromatic rings. The zero-order valence-corrected chi connectivity index (χ0v) is 15.1. The van der Waals surface area contributed by atoms with Crippen molar-refractivity contribution < 1.29 is 19.8 Å². The minimum absolute atomic E-state index is 0.221. The quantitative estimate of drug-likeness (QED) is 0.847. The molecule has 3 atom stereocenters. The van der Waals surface area contributed by atoms with Crippen LogP contribution in [0, 0.1) is 11.3 Å². The van der Waals surface area contributed by atoms with Crippen molar-refractivity contribution in [3.63, 3.8) is 0 Å². The number of thioether (sulfide) groups is 1. The van der Waals surface area contributed by atoms with Crippen LogP contribution in [-0.2, 0) is 9.59 Å². The number of benzene rings is 1. The maximum absolute atomic E-state index is 12.3. The Labute approximate surface area is 148 Å². The van der Waals surface area contributed by atoms with Gasteiger partial charge in [0.25, 0.3) is 0 Å². The van der Waals surface area contributed by atoms with E-state index in [0.717, 1.165) is 28.4 Å². The fraction of sp³-hybridized carbons (Fsp3) is 0.471. The molecule has 1 aliphatic rings. The van der Waals surface area contributed by atoms with Crippen molar-refractivity contribution in [1.82, 2.24) is 4.98 Å². The lowest BCUT2D eigenvalue weighted by Gasteiger charge is -2.48. The van der Waals surface area contributed by atoms with Gasteiger partial charge in [-0.25, -0.2) is 4.98 Å². The van der Waals surface area contributed by atoms with E-state index < -0.39 is 22.1 Å². The molecular formula is C17H19NO4S2. The molecule has 0 aliphatic heterocycles. The average molecular weight is 365 g/mol. The zero-order valence-electron chi connectivity index (χ0n) is 13.5. The van der Waals surface area contributed by atoms with Crippen LogP contribution < -0.4 is 0 Å². The number of nitrogens with zero attached hydrogens (tertiary/aromatic N) is 1. The standard InChI is InChI=1S/C17H19NO4S2/c1-10-6-5-9-17(14(21)22,16(10,2)13(19)20)24-15-18-11-7-3-4-8-12(11)23-15/h3-4,7-8,10H,5-6,9H2,1-2H3,(H,19,20)(H,21,22). The molecule has 0 spiro atoms. The molecule has 0 amide bonds. The highest BCUT2D eigenvalue weighted by molar-refractivity contribution is 8.03. The highest BCUT2D eigenvalue weighted by Gasteiger charge is 2.63. The third kappa shape index (κ3) is 2.41. The lowest BCUT2D eigenvalue weighted by atomic mass is 9.61. The highest BCUT2D eigenvalue weighted by atomic mass is 32.2. The van der Waals surface area contributed by atoms with E-state index in [-0.39, 0.29) is 5.92 Å². The van der Waals surface area contributed by atoms with Crippen LogP contribution in [0.15, 0.2) is 28.6 Å². The number of thiazole rings is 1. The predicted octanol–water partition coefficient (Wildman–Crippen LogP) is 4.12. The van der Waals surface area contributed by atoms with E-state index in [1.807, 2.05) is 31.2 Å². The van der Waals surface area contributed by atoms with Gasteiger partial charge in [-0.3, -0.25) is 9.59 Å². The first-order valence-electron chi connectivity index (χ1n) is 7.82. The second-order valence-corrected chi connectivity index (χ2v) is 9.06. The van der Waals surface area contributed by atoms with Gasteiger partial charge in [-0.2, -0.15) is 0 Å². The molecule has 0 saturated heterocycles. The van der Waals surface area contributed by atoms with Crippen LogP contribution in [0.5, 0.6) is 0 Å². The molecule has 0 bridgehead atoms. The van der Waals surface area contributed by atoms with Gasteiger partial charge < -0.3 is 10.2 Å². The van der Waals surface area contributed by atoms with Crippen LogP contribution in [-0.4, -0.2) is 31.9 Å². The molecule has 5 nitrogen and oxygen atoms in total. The van der Waals surface area contributed by atoms with Gasteiger partial charge in [-0.05, 0) is 37.8 Å². The zero-order chi connectivity index (χ0) is 17.5. The largest absolute Gasteiger partial charge is 0.481 e. The third-order valence-electron chi connectivity index (χ3n) is 5.32. The number of carboxylic acid groups (broad SMARTS) is 2. The number of aliphatic carboxylic acids is 2. The SMILES string of the molecule is CC1CCCC(Sc2nc3ccccc3s2)(C(=O)O)C1(C)C(=O)O. The van der Waals surface area contributed by atoms with E-state index in [4.69, 9.17) is 0 Å². The van der Waals surface area contributed by atoms with Crippen molar-refractivity contribution in [2.75, 3.05) is 0 Å². The molecule has 0 radical (unpaired) electrons. The Balaban J connectivity index is 2.10. The van der Waals surface area contributed by atoms with Crippen molar-refractivity contribution in [3.05, 3.63) is 24.3 Å². The second kappa shape index (κ2) is 6.04. The lowest BCUT2D eigenvalue weighted by Crippen LogP contribution is -2.59. The molecule has 128 valence electrons. The Morgan fingerprint density at radius 2 is 2.00 bits per heavy atom. The van der Waals surface area contributed by atoms with Crippen molar-refractivity contribution >= 4 is 45.3 Å². The van der Waals surface area contributed by atoms with Gasteiger partial charge in [-0.15, -0.1) is 11.3 Å². The molecule has 1 aliphatic carbocycles. The summed E-state index contributed by atoms with van der Waals surface area (Å²) in [5, 5.41) is 19.9. The summed E-state index contributed by atoms with van der Waals surface area (Å²) in [6.07, 6.45) is 1.75. The van der Waals surface area contributed by atoms with E-state index in [2.05, 4.69) is 4.98 Å². The monoisotopic (exact) mass is 365 g/mol. The summed E-state index contributed by atoms with van der Waals surface area (Å²) in [6, 6.07) is 7.60. The van der Waals surface area contributed by atoms with Crippen LogP contribution in [0.25, 0.3) is 10.2 Å². The molecule has 24 heavy (non-hydrogen) atoms. The molecule has 1 saturated carbocycles. The van der Waals surface area contributed by atoms with Crippen molar-refractivity contribution in [3.8, 4) is 0 Å². The molecule has 3 rings (SSSR count). The lowest BCUT2D eigenvalue weighted by molar-refractivity contribution is -0.165. The van der Waals surface area contributed by atoms with E-state index in [1.54, 1.807) is 6.92 Å². The summed E-state index contributed by atoms with van der Waals surface area (Å²) in [4.78, 5) is 28.8. The number of aromatic nitrogens is 1. The van der Waals surface area contributed by atoms with Crippen LogP contribution in [0.1, 0.15) is 33.1 Å². The number of hydrogen-bond acceptors (Lipinski definition) is 5. The number of carbonyl (C=O) groups is 2. The van der Waals surface area contributed by atoms with Gasteiger partial charge in [0.2, 0.25) is 0 Å². The van der Waals surface area contributed by atoms with Crippen LogP contribution >= 0.6 is 23.1 Å². The second-order valence-electron chi connectivity index (χ2n) is 6.48. The fourth-order valence-corrected chi connectivity index (χ4v) is 6.40. The summed E-state index contributed by atoms with van der Waals surface area (Å²) in [6.45, 7) is 3.41. The molecule has 3 unspecified atom stereocenters. The Kier molecular flexibility index (Phi) is 4.34. The smallest absolute Gasteiger partial charge is 0.321 e. The van der Waals surface area contributed by atoms with Gasteiger partial charge in [0.1, 0.15) is 4.75 Å². The van der Waals surface area contributed by atoms with Crippen LogP contribution in [0.3, 0.4) is 0 Å². The van der Waals surface area contributed by atoms with Gasteiger partial charge in [0.15, 0.2) is 4.34 Å². The summed E-state index contributed by atoms with van der Waals surface area (Å²) >= 11 is 2.53.